The summed E-state index contributed by atoms with van der Waals surface area (Å²) in [6.45, 7) is 1.75. The number of rotatable bonds is 5. The van der Waals surface area contributed by atoms with E-state index in [0.29, 0.717) is 52.3 Å². The summed E-state index contributed by atoms with van der Waals surface area (Å²) in [5.41, 5.74) is 10.2. The van der Waals surface area contributed by atoms with Crippen LogP contribution in [0, 0.1) is 6.92 Å². The molecule has 0 unspecified atom stereocenters. The smallest absolute Gasteiger partial charge is 0.305 e. The van der Waals surface area contributed by atoms with Crippen molar-refractivity contribution in [2.75, 3.05) is 7.11 Å². The van der Waals surface area contributed by atoms with Gasteiger partial charge in [0.2, 0.25) is 0 Å². The van der Waals surface area contributed by atoms with Gasteiger partial charge in [0.1, 0.15) is 11.5 Å². The minimum absolute atomic E-state index is 0.0921. The number of carbonyl (C=O) groups excluding carboxylic acids is 3. The molecule has 1 heterocycles. The molecule has 1 aromatic heterocycles. The van der Waals surface area contributed by atoms with Crippen LogP contribution in [0.5, 0.6) is 5.75 Å². The van der Waals surface area contributed by atoms with Crippen LogP contribution in [0.3, 0.4) is 0 Å². The average molecular weight is 460 g/mol. The largest absolute Gasteiger partial charge is 0.497 e. The zero-order chi connectivity index (χ0) is 24.1. The Morgan fingerprint density at radius 2 is 1.56 bits per heavy atom. The van der Waals surface area contributed by atoms with E-state index in [4.69, 9.17) is 9.15 Å². The highest BCUT2D eigenvalue weighted by molar-refractivity contribution is 6.07. The molecule has 2 aromatic carbocycles. The second-order valence-corrected chi connectivity index (χ2v) is 7.71. The lowest BCUT2D eigenvalue weighted by Gasteiger charge is -2.13. The zero-order valence-corrected chi connectivity index (χ0v) is 18.8. The maximum atomic E-state index is 12.7. The fourth-order valence-electron chi connectivity index (χ4n) is 3.75. The van der Waals surface area contributed by atoms with Crippen LogP contribution in [0.15, 0.2) is 64.1 Å². The molecule has 0 atom stereocenters. The van der Waals surface area contributed by atoms with Crippen molar-refractivity contribution >= 4 is 23.4 Å². The number of aryl methyl sites for hydroxylation is 1. The number of fused-ring (bicyclic) bond motifs is 1. The number of nitrogens with one attached hydrogen (secondary N) is 3. The van der Waals surface area contributed by atoms with Gasteiger partial charge in [0.15, 0.2) is 5.76 Å². The molecule has 3 aromatic rings. The van der Waals surface area contributed by atoms with Gasteiger partial charge < -0.3 is 9.15 Å². The molecule has 0 saturated carbocycles. The zero-order valence-electron chi connectivity index (χ0n) is 18.8. The highest BCUT2D eigenvalue weighted by Gasteiger charge is 2.28. The highest BCUT2D eigenvalue weighted by atomic mass is 16.5. The Labute approximate surface area is 196 Å². The maximum absolute atomic E-state index is 12.7. The molecule has 34 heavy (non-hydrogen) atoms. The van der Waals surface area contributed by atoms with Crippen LogP contribution >= 0.6 is 0 Å². The number of carbonyl (C=O) groups is 3. The van der Waals surface area contributed by atoms with E-state index >= 15 is 0 Å². The third-order valence-corrected chi connectivity index (χ3v) is 5.50. The molecule has 9 nitrogen and oxygen atoms in total. The Balaban J connectivity index is 1.47. The lowest BCUT2D eigenvalue weighted by Crippen LogP contribution is -2.41. The Bertz CT molecular complexity index is 1250. The van der Waals surface area contributed by atoms with Crippen LogP contribution in [0.25, 0.3) is 0 Å². The van der Waals surface area contributed by atoms with E-state index in [1.165, 1.54) is 0 Å². The summed E-state index contributed by atoms with van der Waals surface area (Å²) >= 11 is 0. The number of amides is 3. The summed E-state index contributed by atoms with van der Waals surface area (Å²) in [6.07, 6.45) is 2.04. The predicted molar refractivity (Wildman–Crippen MR) is 125 cm³/mol. The summed E-state index contributed by atoms with van der Waals surface area (Å²) in [4.78, 5) is 37.4. The summed E-state index contributed by atoms with van der Waals surface area (Å²) in [5, 5.41) is 4.32. The van der Waals surface area contributed by atoms with E-state index in [1.807, 2.05) is 0 Å². The fourth-order valence-corrected chi connectivity index (χ4v) is 3.75. The minimum Gasteiger partial charge on any atom is -0.497 e. The first-order valence-corrected chi connectivity index (χ1v) is 10.8. The summed E-state index contributed by atoms with van der Waals surface area (Å²) in [5.74, 6) is 0.00369. The Morgan fingerprint density at radius 3 is 2.26 bits per heavy atom. The first-order valence-electron chi connectivity index (χ1n) is 10.8. The standard InChI is InChI=1S/C25H24N4O5/c1-15-21-19(26-27-24(31)17-11-13-18(33-2)14-12-17)9-6-10-20(21)34-22(15)25(32)29-28-23(30)16-7-4-3-5-8-16/h3-5,7-8,11-14H,6,9-10H2,1-2H3,(H,27,31)(H,28,30)(H,29,32)/b26-19+. The van der Waals surface area contributed by atoms with E-state index in [9.17, 15) is 14.4 Å². The van der Waals surface area contributed by atoms with Gasteiger partial charge in [0, 0.05) is 28.7 Å². The molecule has 174 valence electrons. The van der Waals surface area contributed by atoms with Crippen LogP contribution < -0.4 is 21.0 Å². The van der Waals surface area contributed by atoms with Gasteiger partial charge in [-0.25, -0.2) is 5.43 Å². The Morgan fingerprint density at radius 1 is 0.882 bits per heavy atom. The summed E-state index contributed by atoms with van der Waals surface area (Å²) in [6, 6.07) is 15.2. The van der Waals surface area contributed by atoms with Gasteiger partial charge in [-0.1, -0.05) is 18.2 Å². The topological polar surface area (TPSA) is 122 Å². The van der Waals surface area contributed by atoms with Crippen molar-refractivity contribution in [3.63, 3.8) is 0 Å². The average Bonchev–Trinajstić information content (AvgIpc) is 3.23. The first-order chi connectivity index (χ1) is 16.5. The molecule has 0 saturated heterocycles. The van der Waals surface area contributed by atoms with Crippen molar-refractivity contribution in [2.24, 2.45) is 5.10 Å². The predicted octanol–water partition coefficient (Wildman–Crippen LogP) is 3.14. The number of hydrogen-bond donors (Lipinski definition) is 3. The molecule has 0 fully saturated rings. The molecule has 1 aliphatic rings. The molecule has 4 rings (SSSR count). The summed E-state index contributed by atoms with van der Waals surface area (Å²) < 4.78 is 10.9. The van der Waals surface area contributed by atoms with Crippen molar-refractivity contribution in [3.05, 3.63) is 88.4 Å². The molecular formula is C25H24N4O5. The third kappa shape index (κ3) is 4.83. The molecule has 1 aliphatic carbocycles. The van der Waals surface area contributed by atoms with E-state index in [-0.39, 0.29) is 11.7 Å². The van der Waals surface area contributed by atoms with Gasteiger partial charge in [-0.05, 0) is 56.2 Å². The number of hydrogen-bond acceptors (Lipinski definition) is 6. The van der Waals surface area contributed by atoms with Crippen molar-refractivity contribution < 1.29 is 23.5 Å². The van der Waals surface area contributed by atoms with Crippen molar-refractivity contribution in [1.82, 2.24) is 16.3 Å². The Kier molecular flexibility index (Phi) is 6.72. The van der Waals surface area contributed by atoms with Gasteiger partial charge in [0.25, 0.3) is 11.8 Å². The number of hydrazone groups is 1. The second-order valence-electron chi connectivity index (χ2n) is 7.71. The van der Waals surface area contributed by atoms with Crippen LogP contribution in [0.4, 0.5) is 0 Å². The molecule has 9 heteroatoms. The monoisotopic (exact) mass is 460 g/mol. The molecule has 0 spiro atoms. The SMILES string of the molecule is COc1ccc(C(=O)N/N=C2\CCCc3oc(C(=O)NNC(=O)c4ccccc4)c(C)c32)cc1. The molecular weight excluding hydrogens is 436 g/mol. The highest BCUT2D eigenvalue weighted by Crippen LogP contribution is 2.29. The molecule has 0 bridgehead atoms. The van der Waals surface area contributed by atoms with Crippen LogP contribution in [-0.4, -0.2) is 30.5 Å². The molecule has 3 amide bonds. The van der Waals surface area contributed by atoms with E-state index in [0.717, 1.165) is 6.42 Å². The molecule has 3 N–H and O–H groups in total. The number of nitrogens with zero attached hydrogens (tertiary/aromatic N) is 1. The number of methoxy groups -OCH3 is 1. The van der Waals surface area contributed by atoms with Crippen LogP contribution in [-0.2, 0) is 6.42 Å². The van der Waals surface area contributed by atoms with E-state index in [1.54, 1.807) is 68.6 Å². The summed E-state index contributed by atoms with van der Waals surface area (Å²) in [7, 11) is 1.56. The number of hydrazine groups is 1. The third-order valence-electron chi connectivity index (χ3n) is 5.50. The number of furan rings is 1. The number of ether oxygens (including phenoxy) is 1. The van der Waals surface area contributed by atoms with Crippen molar-refractivity contribution in [1.29, 1.82) is 0 Å². The first kappa shape index (κ1) is 22.8. The van der Waals surface area contributed by atoms with Gasteiger partial charge >= 0.3 is 5.91 Å². The van der Waals surface area contributed by atoms with E-state index in [2.05, 4.69) is 21.4 Å². The van der Waals surface area contributed by atoms with Crippen molar-refractivity contribution in [2.45, 2.75) is 26.2 Å². The van der Waals surface area contributed by atoms with Crippen molar-refractivity contribution in [3.8, 4) is 5.75 Å². The normalized spacial score (nSPS) is 13.6. The Hall–Kier alpha value is -4.40. The second kappa shape index (κ2) is 10.0. The van der Waals surface area contributed by atoms with Gasteiger partial charge in [-0.15, -0.1) is 0 Å². The fraction of sp³-hybridized carbons (Fsp3) is 0.200. The van der Waals surface area contributed by atoms with Gasteiger partial charge in [0.05, 0.1) is 12.8 Å². The number of benzene rings is 2. The van der Waals surface area contributed by atoms with Gasteiger partial charge in [-0.2, -0.15) is 5.10 Å². The lowest BCUT2D eigenvalue weighted by molar-refractivity contribution is 0.0829. The lowest BCUT2D eigenvalue weighted by atomic mass is 9.93. The minimum atomic E-state index is -0.571. The molecule has 0 aliphatic heterocycles. The van der Waals surface area contributed by atoms with Crippen LogP contribution in [0.2, 0.25) is 0 Å². The van der Waals surface area contributed by atoms with Gasteiger partial charge in [-0.3, -0.25) is 25.2 Å². The van der Waals surface area contributed by atoms with Crippen LogP contribution in [0.1, 0.15) is 61.0 Å². The molecule has 0 radical (unpaired) electrons. The maximum Gasteiger partial charge on any atom is 0.305 e. The quantitative estimate of drug-likeness (QED) is 0.505. The van der Waals surface area contributed by atoms with E-state index < -0.39 is 11.8 Å².